The fourth-order valence-corrected chi connectivity index (χ4v) is 3.56. The minimum Gasteiger partial charge on any atom is -0.454 e. The fraction of sp³-hybridized carbons (Fsp3) is 0.235. The molecular weight excluding hydrogens is 330 g/mol. The maximum atomic E-state index is 12.0. The van der Waals surface area contributed by atoms with Crippen molar-refractivity contribution in [2.75, 3.05) is 6.79 Å². The minimum absolute atomic E-state index is 0.0770. The summed E-state index contributed by atoms with van der Waals surface area (Å²) in [5.74, 6) is 0.575. The molecule has 0 aromatic heterocycles. The molecule has 1 amide bonds. The minimum atomic E-state index is -3.69. The van der Waals surface area contributed by atoms with Crippen LogP contribution in [-0.2, 0) is 27.0 Å². The quantitative estimate of drug-likeness (QED) is 0.864. The largest absolute Gasteiger partial charge is 0.454 e. The molecule has 3 rings (SSSR count). The molecule has 6 nitrogen and oxygen atoms in total. The van der Waals surface area contributed by atoms with Crippen molar-refractivity contribution in [3.05, 3.63) is 59.7 Å². The van der Waals surface area contributed by atoms with Gasteiger partial charge in [0.2, 0.25) is 22.7 Å². The maximum Gasteiger partial charge on any atom is 0.239 e. The van der Waals surface area contributed by atoms with Crippen molar-refractivity contribution >= 4 is 15.9 Å². The topological polar surface area (TPSA) is 81.7 Å². The number of hydrogen-bond donors (Lipinski definition) is 1. The Morgan fingerprint density at radius 2 is 1.75 bits per heavy atom. The van der Waals surface area contributed by atoms with Crippen LogP contribution in [0.1, 0.15) is 17.5 Å². The van der Waals surface area contributed by atoms with Crippen LogP contribution in [0.4, 0.5) is 0 Å². The van der Waals surface area contributed by atoms with Crippen LogP contribution in [0.5, 0.6) is 11.5 Å². The summed E-state index contributed by atoms with van der Waals surface area (Å²) in [6.45, 7) is 0.191. The molecule has 0 unspecified atom stereocenters. The molecule has 1 aliphatic rings. The lowest BCUT2D eigenvalue weighted by Crippen LogP contribution is -2.31. The average Bonchev–Trinajstić information content (AvgIpc) is 3.00. The highest BCUT2D eigenvalue weighted by atomic mass is 32.2. The van der Waals surface area contributed by atoms with Crippen LogP contribution < -0.4 is 14.2 Å². The van der Waals surface area contributed by atoms with Gasteiger partial charge in [-0.2, -0.15) is 0 Å². The maximum absolute atomic E-state index is 12.0. The number of amides is 1. The second kappa shape index (κ2) is 6.92. The molecule has 0 atom stereocenters. The van der Waals surface area contributed by atoms with Crippen LogP contribution in [0, 0.1) is 0 Å². The van der Waals surface area contributed by atoms with Gasteiger partial charge in [-0.1, -0.05) is 36.4 Å². The predicted molar refractivity (Wildman–Crippen MR) is 88.1 cm³/mol. The van der Waals surface area contributed by atoms with E-state index in [1.807, 2.05) is 6.07 Å². The summed E-state index contributed by atoms with van der Waals surface area (Å²) in [7, 11) is -3.69. The van der Waals surface area contributed by atoms with Crippen LogP contribution in [0.25, 0.3) is 0 Å². The van der Waals surface area contributed by atoms with Crippen LogP contribution in [0.15, 0.2) is 48.5 Å². The molecule has 0 radical (unpaired) electrons. The van der Waals surface area contributed by atoms with Gasteiger partial charge in [0.05, 0.1) is 5.75 Å². The number of hydrogen-bond acceptors (Lipinski definition) is 5. The highest BCUT2D eigenvalue weighted by Gasteiger charge is 2.17. The first-order valence-corrected chi connectivity index (χ1v) is 9.13. The van der Waals surface area contributed by atoms with Crippen molar-refractivity contribution in [2.24, 2.45) is 0 Å². The summed E-state index contributed by atoms with van der Waals surface area (Å²) in [5.41, 5.74) is 1.52. The molecule has 0 saturated heterocycles. The smallest absolute Gasteiger partial charge is 0.239 e. The Bertz CT molecular complexity index is 833. The van der Waals surface area contributed by atoms with E-state index >= 15 is 0 Å². The molecule has 24 heavy (non-hydrogen) atoms. The van der Waals surface area contributed by atoms with E-state index in [0.717, 1.165) is 5.56 Å². The third-order valence-electron chi connectivity index (χ3n) is 3.55. The molecule has 7 heteroatoms. The van der Waals surface area contributed by atoms with Gasteiger partial charge in [0.25, 0.3) is 0 Å². The summed E-state index contributed by atoms with van der Waals surface area (Å²) < 4.78 is 36.6. The predicted octanol–water partition coefficient (Wildman–Crippen LogP) is 1.99. The highest BCUT2D eigenvalue weighted by molar-refractivity contribution is 7.89. The molecule has 2 aromatic carbocycles. The molecule has 126 valence electrons. The summed E-state index contributed by atoms with van der Waals surface area (Å²) in [5, 5.41) is 0. The Morgan fingerprint density at radius 1 is 1.00 bits per heavy atom. The van der Waals surface area contributed by atoms with Gasteiger partial charge < -0.3 is 9.47 Å². The van der Waals surface area contributed by atoms with Gasteiger partial charge >= 0.3 is 0 Å². The Labute approximate surface area is 140 Å². The summed E-state index contributed by atoms with van der Waals surface area (Å²) in [6.07, 6.45) is 0.497. The second-order valence-electron chi connectivity index (χ2n) is 5.46. The van der Waals surface area contributed by atoms with E-state index in [9.17, 15) is 13.2 Å². The van der Waals surface area contributed by atoms with E-state index in [1.165, 1.54) is 0 Å². The van der Waals surface area contributed by atoms with E-state index in [-0.39, 0.29) is 19.0 Å². The molecule has 1 heterocycles. The van der Waals surface area contributed by atoms with Gasteiger partial charge in [-0.15, -0.1) is 0 Å². The first-order chi connectivity index (χ1) is 11.5. The first-order valence-electron chi connectivity index (χ1n) is 7.48. The van der Waals surface area contributed by atoms with Gasteiger partial charge in [0, 0.05) is 6.42 Å². The third kappa shape index (κ3) is 4.26. The lowest BCUT2D eigenvalue weighted by molar-refractivity contribution is -0.119. The molecule has 0 bridgehead atoms. The van der Waals surface area contributed by atoms with E-state index in [1.54, 1.807) is 42.5 Å². The molecule has 1 aliphatic heterocycles. The number of carbonyl (C=O) groups is 1. The first kappa shape index (κ1) is 16.3. The number of carbonyl (C=O) groups excluding carboxylic acids is 1. The second-order valence-corrected chi connectivity index (χ2v) is 7.18. The Balaban J connectivity index is 1.53. The normalized spacial score (nSPS) is 12.8. The van der Waals surface area contributed by atoms with E-state index in [0.29, 0.717) is 23.5 Å². The van der Waals surface area contributed by atoms with Crippen LogP contribution in [0.2, 0.25) is 0 Å². The van der Waals surface area contributed by atoms with Crippen molar-refractivity contribution in [2.45, 2.75) is 18.6 Å². The number of sulfonamides is 1. The molecule has 2 aromatic rings. The number of rotatable bonds is 6. The zero-order valence-electron chi connectivity index (χ0n) is 12.9. The van der Waals surface area contributed by atoms with E-state index in [4.69, 9.17) is 9.47 Å². The molecule has 0 aliphatic carbocycles. The van der Waals surface area contributed by atoms with Gasteiger partial charge in [-0.25, -0.2) is 8.42 Å². The molecule has 0 spiro atoms. The molecule has 0 saturated carbocycles. The van der Waals surface area contributed by atoms with Gasteiger partial charge in [-0.05, 0) is 29.7 Å². The van der Waals surface area contributed by atoms with E-state index < -0.39 is 15.9 Å². The number of benzene rings is 2. The van der Waals surface area contributed by atoms with Crippen molar-refractivity contribution in [3.63, 3.8) is 0 Å². The Kier molecular flexibility index (Phi) is 4.71. The lowest BCUT2D eigenvalue weighted by Gasteiger charge is -2.07. The number of ether oxygens (including phenoxy) is 2. The van der Waals surface area contributed by atoms with Crippen molar-refractivity contribution < 1.29 is 22.7 Å². The molecule has 1 N–H and O–H groups in total. The average molecular weight is 347 g/mol. The number of fused-ring (bicyclic) bond motifs is 1. The van der Waals surface area contributed by atoms with Crippen LogP contribution in [-0.4, -0.2) is 21.1 Å². The SMILES string of the molecule is O=C(CCc1ccc2c(c1)OCO2)NS(=O)(=O)Cc1ccccc1. The van der Waals surface area contributed by atoms with Gasteiger partial charge in [0.1, 0.15) is 0 Å². The summed E-state index contributed by atoms with van der Waals surface area (Å²) in [6, 6.07) is 14.1. The Morgan fingerprint density at radius 3 is 2.54 bits per heavy atom. The zero-order chi connectivity index (χ0) is 17.0. The van der Waals surface area contributed by atoms with Gasteiger partial charge in [-0.3, -0.25) is 9.52 Å². The molecule has 0 fully saturated rings. The fourth-order valence-electron chi connectivity index (χ4n) is 2.41. The summed E-state index contributed by atoms with van der Waals surface area (Å²) in [4.78, 5) is 11.9. The van der Waals surface area contributed by atoms with E-state index in [2.05, 4.69) is 4.72 Å². The van der Waals surface area contributed by atoms with Crippen molar-refractivity contribution in [1.29, 1.82) is 0 Å². The van der Waals surface area contributed by atoms with Gasteiger partial charge in [0.15, 0.2) is 11.5 Å². The summed E-state index contributed by atoms with van der Waals surface area (Å²) >= 11 is 0. The number of nitrogens with one attached hydrogen (secondary N) is 1. The standard InChI is InChI=1S/C17H17NO5S/c19-17(18-24(20,21)11-14-4-2-1-3-5-14)9-7-13-6-8-15-16(10-13)23-12-22-15/h1-6,8,10H,7,9,11-12H2,(H,18,19). The van der Waals surface area contributed by atoms with Crippen LogP contribution in [0.3, 0.4) is 0 Å². The zero-order valence-corrected chi connectivity index (χ0v) is 13.7. The highest BCUT2D eigenvalue weighted by Crippen LogP contribution is 2.32. The Hall–Kier alpha value is -2.54. The molecular formula is C17H17NO5S. The van der Waals surface area contributed by atoms with Crippen molar-refractivity contribution in [1.82, 2.24) is 4.72 Å². The monoisotopic (exact) mass is 347 g/mol. The third-order valence-corrected chi connectivity index (χ3v) is 4.80. The lowest BCUT2D eigenvalue weighted by atomic mass is 10.1. The van der Waals surface area contributed by atoms with Crippen LogP contribution >= 0.6 is 0 Å². The number of aryl methyl sites for hydroxylation is 1. The van der Waals surface area contributed by atoms with Crippen molar-refractivity contribution in [3.8, 4) is 11.5 Å².